The van der Waals surface area contributed by atoms with Gasteiger partial charge in [-0.25, -0.2) is 0 Å². The Morgan fingerprint density at radius 2 is 1.65 bits per heavy atom. The van der Waals surface area contributed by atoms with Gasteiger partial charge >= 0.3 is 0 Å². The molecule has 2 aromatic rings. The minimum atomic E-state index is -0.0129. The summed E-state index contributed by atoms with van der Waals surface area (Å²) in [6, 6.07) is 17.0. The van der Waals surface area contributed by atoms with Crippen LogP contribution in [0, 0.1) is 3.57 Å². The average Bonchev–Trinajstić information content (AvgIpc) is 2.48. The Balaban J connectivity index is 1.66. The summed E-state index contributed by atoms with van der Waals surface area (Å²) in [5.41, 5.74) is 0.675. The molecule has 0 unspecified atom stereocenters. The molecule has 2 aromatic carbocycles. The second kappa shape index (κ2) is 8.01. The monoisotopic (exact) mass is 382 g/mol. The Morgan fingerprint density at radius 3 is 2.35 bits per heavy atom. The molecule has 0 aliphatic carbocycles. The third-order valence-corrected chi connectivity index (χ3v) is 3.36. The number of halogens is 1. The highest BCUT2D eigenvalue weighted by Gasteiger charge is 2.05. The van der Waals surface area contributed by atoms with Crippen molar-refractivity contribution in [3.63, 3.8) is 0 Å². The van der Waals surface area contributed by atoms with E-state index in [1.807, 2.05) is 54.6 Å². The molecule has 0 aromatic heterocycles. The molecule has 104 valence electrons. The zero-order valence-corrected chi connectivity index (χ0v) is 13.1. The summed E-state index contributed by atoms with van der Waals surface area (Å²) in [6.45, 7) is 0.910. The molecule has 3 nitrogen and oxygen atoms in total. The first-order valence-electron chi connectivity index (χ1n) is 6.30. The normalized spacial score (nSPS) is 10.2. The number of ether oxygens (including phenoxy) is 2. The van der Waals surface area contributed by atoms with Gasteiger partial charge in [-0.05, 0) is 46.9 Å². The van der Waals surface area contributed by atoms with Gasteiger partial charge in [0.2, 0.25) is 0 Å². The van der Waals surface area contributed by atoms with Gasteiger partial charge in [-0.1, -0.05) is 30.3 Å². The second-order valence-corrected chi connectivity index (χ2v) is 5.39. The van der Waals surface area contributed by atoms with Gasteiger partial charge in [0.25, 0.3) is 0 Å². The molecule has 20 heavy (non-hydrogen) atoms. The smallest absolute Gasteiger partial charge is 0.188 e. The molecule has 0 saturated heterocycles. The lowest BCUT2D eigenvalue weighted by Crippen LogP contribution is -2.13. The van der Waals surface area contributed by atoms with Crippen molar-refractivity contribution in [2.24, 2.45) is 0 Å². The minimum Gasteiger partial charge on any atom is -0.491 e. The number of carbonyl (C=O) groups excluding carboxylic acids is 1. The molecule has 0 saturated carbocycles. The number of hydrogen-bond acceptors (Lipinski definition) is 3. The zero-order valence-electron chi connectivity index (χ0n) is 10.9. The molecule has 0 fully saturated rings. The number of hydrogen-bond donors (Lipinski definition) is 0. The maximum Gasteiger partial charge on any atom is 0.188 e. The third kappa shape index (κ3) is 4.94. The molecule has 0 aliphatic rings. The van der Waals surface area contributed by atoms with Crippen molar-refractivity contribution in [2.45, 2.75) is 0 Å². The number of carbonyl (C=O) groups is 1. The summed E-state index contributed by atoms with van der Waals surface area (Å²) >= 11 is 2.21. The highest BCUT2D eigenvalue weighted by Crippen LogP contribution is 2.09. The molecule has 0 bridgehead atoms. The number of rotatable bonds is 7. The standard InChI is InChI=1S/C16H15IO3/c17-14-8-6-13(7-9-14)16(18)12-19-10-11-20-15-4-2-1-3-5-15/h1-9H,10-12H2. The Labute approximate surface area is 132 Å². The van der Waals surface area contributed by atoms with Crippen LogP contribution in [0.4, 0.5) is 0 Å². The second-order valence-electron chi connectivity index (χ2n) is 4.14. The number of ketones is 1. The predicted octanol–water partition coefficient (Wildman–Crippen LogP) is 3.57. The van der Waals surface area contributed by atoms with E-state index >= 15 is 0 Å². The molecule has 0 heterocycles. The molecule has 4 heteroatoms. The molecule has 0 amide bonds. The van der Waals surface area contributed by atoms with Crippen LogP contribution in [0.1, 0.15) is 10.4 Å². The lowest BCUT2D eigenvalue weighted by atomic mass is 10.1. The van der Waals surface area contributed by atoms with E-state index in [9.17, 15) is 4.79 Å². The minimum absolute atomic E-state index is 0.0129. The summed E-state index contributed by atoms with van der Waals surface area (Å²) in [6.07, 6.45) is 0. The van der Waals surface area contributed by atoms with Crippen molar-refractivity contribution in [3.8, 4) is 5.75 Å². The van der Waals surface area contributed by atoms with E-state index < -0.39 is 0 Å². The summed E-state index contributed by atoms with van der Waals surface area (Å²) in [4.78, 5) is 11.8. The summed E-state index contributed by atoms with van der Waals surface area (Å²) < 4.78 is 11.9. The van der Waals surface area contributed by atoms with Gasteiger partial charge in [-0.3, -0.25) is 4.79 Å². The molecule has 0 N–H and O–H groups in total. The van der Waals surface area contributed by atoms with E-state index in [2.05, 4.69) is 22.6 Å². The van der Waals surface area contributed by atoms with Crippen molar-refractivity contribution in [2.75, 3.05) is 19.8 Å². The van der Waals surface area contributed by atoms with Crippen molar-refractivity contribution < 1.29 is 14.3 Å². The fraction of sp³-hybridized carbons (Fsp3) is 0.188. The van der Waals surface area contributed by atoms with Crippen molar-refractivity contribution in [1.82, 2.24) is 0 Å². The molecule has 2 rings (SSSR count). The molecular weight excluding hydrogens is 367 g/mol. The Bertz CT molecular complexity index is 537. The Morgan fingerprint density at radius 1 is 0.950 bits per heavy atom. The first-order valence-corrected chi connectivity index (χ1v) is 7.38. The predicted molar refractivity (Wildman–Crippen MR) is 86.2 cm³/mol. The van der Waals surface area contributed by atoms with Crippen LogP contribution in [0.2, 0.25) is 0 Å². The van der Waals surface area contributed by atoms with Gasteiger partial charge in [-0.2, -0.15) is 0 Å². The third-order valence-electron chi connectivity index (χ3n) is 2.64. The highest BCUT2D eigenvalue weighted by molar-refractivity contribution is 14.1. The van der Waals surface area contributed by atoms with E-state index in [0.717, 1.165) is 9.32 Å². The number of Topliss-reactive ketones (excluding diaryl/α,β-unsaturated/α-hetero) is 1. The lowest BCUT2D eigenvalue weighted by molar-refractivity contribution is 0.0688. The van der Waals surface area contributed by atoms with E-state index in [4.69, 9.17) is 9.47 Å². The fourth-order valence-corrected chi connectivity index (χ4v) is 1.98. The molecule has 0 aliphatic heterocycles. The summed E-state index contributed by atoms with van der Waals surface area (Å²) in [7, 11) is 0. The van der Waals surface area contributed by atoms with E-state index in [0.29, 0.717) is 18.8 Å². The molecule has 0 radical (unpaired) electrons. The van der Waals surface area contributed by atoms with Crippen LogP contribution >= 0.6 is 22.6 Å². The van der Waals surface area contributed by atoms with Crippen LogP contribution in [-0.2, 0) is 4.74 Å². The van der Waals surface area contributed by atoms with Crippen molar-refractivity contribution in [3.05, 3.63) is 63.7 Å². The largest absolute Gasteiger partial charge is 0.491 e. The van der Waals surface area contributed by atoms with E-state index in [1.54, 1.807) is 0 Å². The average molecular weight is 382 g/mol. The molecule has 0 atom stereocenters. The van der Waals surface area contributed by atoms with E-state index in [1.165, 1.54) is 0 Å². The Kier molecular flexibility index (Phi) is 6.01. The number of benzene rings is 2. The maximum absolute atomic E-state index is 11.8. The van der Waals surface area contributed by atoms with Crippen LogP contribution in [-0.4, -0.2) is 25.6 Å². The lowest BCUT2D eigenvalue weighted by Gasteiger charge is -2.06. The fourth-order valence-electron chi connectivity index (χ4n) is 1.62. The zero-order chi connectivity index (χ0) is 14.2. The first-order chi connectivity index (χ1) is 9.75. The van der Waals surface area contributed by atoms with Gasteiger partial charge in [0, 0.05) is 9.13 Å². The van der Waals surface area contributed by atoms with Crippen LogP contribution < -0.4 is 4.74 Å². The van der Waals surface area contributed by atoms with Gasteiger partial charge in [-0.15, -0.1) is 0 Å². The number of para-hydroxylation sites is 1. The van der Waals surface area contributed by atoms with Crippen molar-refractivity contribution >= 4 is 28.4 Å². The van der Waals surface area contributed by atoms with E-state index in [-0.39, 0.29) is 12.4 Å². The first kappa shape index (κ1) is 15.0. The van der Waals surface area contributed by atoms with Crippen LogP contribution in [0.3, 0.4) is 0 Å². The maximum atomic E-state index is 11.8. The molecular formula is C16H15IO3. The topological polar surface area (TPSA) is 35.5 Å². The quantitative estimate of drug-likeness (QED) is 0.417. The van der Waals surface area contributed by atoms with Crippen LogP contribution in [0.15, 0.2) is 54.6 Å². The van der Waals surface area contributed by atoms with Gasteiger partial charge < -0.3 is 9.47 Å². The van der Waals surface area contributed by atoms with Crippen LogP contribution in [0.5, 0.6) is 5.75 Å². The highest BCUT2D eigenvalue weighted by atomic mass is 127. The van der Waals surface area contributed by atoms with Gasteiger partial charge in [0.15, 0.2) is 5.78 Å². The summed E-state index contributed by atoms with van der Waals surface area (Å²) in [5.74, 6) is 0.793. The van der Waals surface area contributed by atoms with Gasteiger partial charge in [0.1, 0.15) is 19.0 Å². The summed E-state index contributed by atoms with van der Waals surface area (Å²) in [5, 5.41) is 0. The van der Waals surface area contributed by atoms with Gasteiger partial charge in [0.05, 0.1) is 6.61 Å². The molecule has 0 spiro atoms. The Hall–Kier alpha value is -1.40. The van der Waals surface area contributed by atoms with Crippen LogP contribution in [0.25, 0.3) is 0 Å². The SMILES string of the molecule is O=C(COCCOc1ccccc1)c1ccc(I)cc1. The van der Waals surface area contributed by atoms with Crippen molar-refractivity contribution in [1.29, 1.82) is 0 Å².